The van der Waals surface area contributed by atoms with E-state index in [1.807, 2.05) is 18.7 Å². The van der Waals surface area contributed by atoms with Gasteiger partial charge in [0.25, 0.3) is 0 Å². The van der Waals surface area contributed by atoms with Crippen LogP contribution in [0, 0.1) is 0 Å². The Balaban J connectivity index is 2.40. The Morgan fingerprint density at radius 1 is 1.16 bits per heavy atom. The fourth-order valence-corrected chi connectivity index (χ4v) is 3.61. The monoisotopic (exact) mass is 266 g/mol. The number of piperazine rings is 1. The molecule has 0 aromatic carbocycles. The van der Waals surface area contributed by atoms with E-state index in [1.165, 1.54) is 0 Å². The quantitative estimate of drug-likeness (QED) is 0.851. The molecule has 0 aromatic rings. The molecule has 1 saturated carbocycles. The van der Waals surface area contributed by atoms with Crippen molar-refractivity contribution in [3.8, 4) is 0 Å². The average Bonchev–Trinajstić information content (AvgIpc) is 2.82. The summed E-state index contributed by atoms with van der Waals surface area (Å²) in [6, 6.07) is 0.158. The van der Waals surface area contributed by atoms with Crippen LogP contribution in [0.4, 0.5) is 0 Å². The fraction of sp³-hybridized carbons (Fsp3) is 0.867. The number of nitrogens with zero attached hydrogens (tertiary/aromatic N) is 1. The van der Waals surface area contributed by atoms with Gasteiger partial charge in [0, 0.05) is 6.04 Å². The normalized spacial score (nSPS) is 25.2. The van der Waals surface area contributed by atoms with E-state index in [2.05, 4.69) is 19.2 Å². The van der Waals surface area contributed by atoms with Crippen molar-refractivity contribution in [2.24, 2.45) is 0 Å². The van der Waals surface area contributed by atoms with Gasteiger partial charge in [0.05, 0.1) is 0 Å². The second kappa shape index (κ2) is 4.80. The van der Waals surface area contributed by atoms with Crippen molar-refractivity contribution in [3.05, 3.63) is 0 Å². The predicted molar refractivity (Wildman–Crippen MR) is 74.6 cm³/mol. The van der Waals surface area contributed by atoms with E-state index in [4.69, 9.17) is 0 Å². The van der Waals surface area contributed by atoms with E-state index in [0.717, 1.165) is 38.5 Å². The molecule has 4 nitrogen and oxygen atoms in total. The lowest BCUT2D eigenvalue weighted by atomic mass is 9.84. The van der Waals surface area contributed by atoms with Crippen molar-refractivity contribution < 1.29 is 9.59 Å². The SMILES string of the molecule is CCC(CC)N1C(=O)C2(CCCC2)NC(=O)C1(C)C. The molecule has 1 aliphatic carbocycles. The molecule has 2 amide bonds. The molecule has 1 spiro atoms. The minimum atomic E-state index is -0.735. The lowest BCUT2D eigenvalue weighted by Gasteiger charge is -2.51. The summed E-state index contributed by atoms with van der Waals surface area (Å²) < 4.78 is 0. The van der Waals surface area contributed by atoms with Gasteiger partial charge in [0.2, 0.25) is 11.8 Å². The number of nitrogens with one attached hydrogen (secondary N) is 1. The first-order valence-electron chi connectivity index (χ1n) is 7.55. The zero-order valence-corrected chi connectivity index (χ0v) is 12.6. The zero-order chi connectivity index (χ0) is 14.3. The molecule has 4 heteroatoms. The molecule has 1 heterocycles. The molecule has 0 aromatic heterocycles. The summed E-state index contributed by atoms with van der Waals surface area (Å²) in [7, 11) is 0. The van der Waals surface area contributed by atoms with Crippen LogP contribution in [-0.2, 0) is 9.59 Å². The molecule has 0 bridgehead atoms. The van der Waals surface area contributed by atoms with Crippen molar-refractivity contribution >= 4 is 11.8 Å². The summed E-state index contributed by atoms with van der Waals surface area (Å²) >= 11 is 0. The first-order chi connectivity index (χ1) is 8.89. The molecule has 0 unspecified atom stereocenters. The molecule has 1 aliphatic heterocycles. The number of hydrogen-bond donors (Lipinski definition) is 1. The maximum Gasteiger partial charge on any atom is 0.249 e. The summed E-state index contributed by atoms with van der Waals surface area (Å²) in [4.78, 5) is 27.3. The first kappa shape index (κ1) is 14.4. The third-order valence-electron chi connectivity index (χ3n) is 4.90. The molecule has 2 fully saturated rings. The summed E-state index contributed by atoms with van der Waals surface area (Å²) in [6.07, 6.45) is 5.45. The third-order valence-corrected chi connectivity index (χ3v) is 4.90. The summed E-state index contributed by atoms with van der Waals surface area (Å²) in [5.74, 6) is 0.143. The third kappa shape index (κ3) is 2.05. The topological polar surface area (TPSA) is 49.4 Å². The molecule has 2 rings (SSSR count). The van der Waals surface area contributed by atoms with Crippen LogP contribution in [-0.4, -0.2) is 33.8 Å². The molecule has 0 radical (unpaired) electrons. The molecule has 0 atom stereocenters. The molecule has 108 valence electrons. The van der Waals surface area contributed by atoms with Crippen molar-refractivity contribution in [2.75, 3.05) is 0 Å². The van der Waals surface area contributed by atoms with Gasteiger partial charge in [0.1, 0.15) is 11.1 Å². The van der Waals surface area contributed by atoms with E-state index in [0.29, 0.717) is 0 Å². The number of carbonyl (C=O) groups excluding carboxylic acids is 2. The standard InChI is InChI=1S/C15H26N2O2/c1-5-11(6-2)17-13(19)15(9-7-8-10-15)16-12(18)14(17,3)4/h11H,5-10H2,1-4H3,(H,16,18). The maximum atomic E-state index is 13.0. The lowest BCUT2D eigenvalue weighted by Crippen LogP contribution is -2.75. The van der Waals surface area contributed by atoms with Crippen molar-refractivity contribution in [3.63, 3.8) is 0 Å². The second-order valence-corrected chi connectivity index (χ2v) is 6.45. The van der Waals surface area contributed by atoms with Gasteiger partial charge in [-0.2, -0.15) is 0 Å². The molecular formula is C15H26N2O2. The number of rotatable bonds is 3. The Morgan fingerprint density at radius 2 is 1.68 bits per heavy atom. The predicted octanol–water partition coefficient (Wildman–Crippen LogP) is 2.22. The van der Waals surface area contributed by atoms with Crippen LogP contribution in [0.5, 0.6) is 0 Å². The van der Waals surface area contributed by atoms with Crippen LogP contribution in [0.2, 0.25) is 0 Å². The van der Waals surface area contributed by atoms with Crippen molar-refractivity contribution in [1.29, 1.82) is 0 Å². The van der Waals surface area contributed by atoms with Gasteiger partial charge in [-0.25, -0.2) is 0 Å². The Kier molecular flexibility index (Phi) is 3.63. The molecule has 1 N–H and O–H groups in total. The van der Waals surface area contributed by atoms with Gasteiger partial charge in [-0.3, -0.25) is 9.59 Å². The molecule has 2 aliphatic rings. The van der Waals surface area contributed by atoms with Crippen LogP contribution in [0.3, 0.4) is 0 Å². The minimum absolute atomic E-state index is 0.000833. The van der Waals surface area contributed by atoms with Crippen molar-refractivity contribution in [2.45, 2.75) is 83.3 Å². The largest absolute Gasteiger partial charge is 0.340 e. The average molecular weight is 266 g/mol. The Hall–Kier alpha value is -1.06. The highest BCUT2D eigenvalue weighted by molar-refractivity contribution is 6.02. The van der Waals surface area contributed by atoms with E-state index >= 15 is 0 Å². The first-order valence-corrected chi connectivity index (χ1v) is 7.55. The lowest BCUT2D eigenvalue weighted by molar-refractivity contribution is -0.164. The summed E-state index contributed by atoms with van der Waals surface area (Å²) in [5, 5.41) is 3.03. The van der Waals surface area contributed by atoms with Crippen LogP contribution >= 0.6 is 0 Å². The smallest absolute Gasteiger partial charge is 0.249 e. The van der Waals surface area contributed by atoms with Gasteiger partial charge < -0.3 is 10.2 Å². The second-order valence-electron chi connectivity index (χ2n) is 6.45. The van der Waals surface area contributed by atoms with E-state index in [-0.39, 0.29) is 17.9 Å². The molecule has 1 saturated heterocycles. The zero-order valence-electron chi connectivity index (χ0n) is 12.6. The maximum absolute atomic E-state index is 13.0. The highest BCUT2D eigenvalue weighted by atomic mass is 16.2. The summed E-state index contributed by atoms with van der Waals surface area (Å²) in [5.41, 5.74) is -1.34. The van der Waals surface area contributed by atoms with Gasteiger partial charge in [-0.1, -0.05) is 26.7 Å². The van der Waals surface area contributed by atoms with Crippen LogP contribution in [0.1, 0.15) is 66.2 Å². The van der Waals surface area contributed by atoms with Crippen molar-refractivity contribution in [1.82, 2.24) is 10.2 Å². The minimum Gasteiger partial charge on any atom is -0.340 e. The highest BCUT2D eigenvalue weighted by Gasteiger charge is 2.56. The molecule has 19 heavy (non-hydrogen) atoms. The number of hydrogen-bond acceptors (Lipinski definition) is 2. The Morgan fingerprint density at radius 3 is 2.16 bits per heavy atom. The molecular weight excluding hydrogens is 240 g/mol. The number of amides is 2. The van der Waals surface area contributed by atoms with E-state index < -0.39 is 11.1 Å². The summed E-state index contributed by atoms with van der Waals surface area (Å²) in [6.45, 7) is 7.90. The van der Waals surface area contributed by atoms with Crippen LogP contribution < -0.4 is 5.32 Å². The Labute approximate surface area is 115 Å². The fourth-order valence-electron chi connectivity index (χ4n) is 3.61. The van der Waals surface area contributed by atoms with Gasteiger partial charge >= 0.3 is 0 Å². The van der Waals surface area contributed by atoms with Gasteiger partial charge in [-0.05, 0) is 39.5 Å². The van der Waals surface area contributed by atoms with Crippen LogP contribution in [0.15, 0.2) is 0 Å². The highest BCUT2D eigenvalue weighted by Crippen LogP contribution is 2.39. The van der Waals surface area contributed by atoms with Gasteiger partial charge in [-0.15, -0.1) is 0 Å². The van der Waals surface area contributed by atoms with E-state index in [9.17, 15) is 9.59 Å². The van der Waals surface area contributed by atoms with Gasteiger partial charge in [0.15, 0.2) is 0 Å². The van der Waals surface area contributed by atoms with Crippen LogP contribution in [0.25, 0.3) is 0 Å². The van der Waals surface area contributed by atoms with E-state index in [1.54, 1.807) is 0 Å². The Bertz CT molecular complexity index is 380. The number of carbonyl (C=O) groups is 2.